The molecule has 1 aliphatic rings. The molecular formula is C25H37ClO3. The molecule has 4 heteroatoms. The van der Waals surface area contributed by atoms with Gasteiger partial charge < -0.3 is 9.84 Å². The van der Waals surface area contributed by atoms with E-state index in [1.165, 1.54) is 43.9 Å². The predicted octanol–water partition coefficient (Wildman–Crippen LogP) is 6.17. The minimum absolute atomic E-state index is 0.0107. The van der Waals surface area contributed by atoms with Crippen molar-refractivity contribution in [2.45, 2.75) is 88.5 Å². The Morgan fingerprint density at radius 2 is 1.93 bits per heavy atom. The zero-order valence-electron chi connectivity index (χ0n) is 18.0. The van der Waals surface area contributed by atoms with Crippen LogP contribution in [0, 0.1) is 5.92 Å². The van der Waals surface area contributed by atoms with Crippen LogP contribution in [-0.2, 0) is 16.0 Å². The second-order valence-electron chi connectivity index (χ2n) is 8.24. The number of hydrogen-bond acceptors (Lipinski definition) is 3. The summed E-state index contributed by atoms with van der Waals surface area (Å²) in [6, 6.07) is 8.81. The van der Waals surface area contributed by atoms with E-state index in [9.17, 15) is 9.90 Å². The number of hydrogen-bond donors (Lipinski definition) is 1. The summed E-state index contributed by atoms with van der Waals surface area (Å²) in [4.78, 5) is 11.2. The van der Waals surface area contributed by atoms with Crippen LogP contribution in [-0.4, -0.2) is 29.7 Å². The highest BCUT2D eigenvalue weighted by Crippen LogP contribution is 2.44. The summed E-state index contributed by atoms with van der Waals surface area (Å²) < 4.78 is 4.66. The lowest BCUT2D eigenvalue weighted by Gasteiger charge is -2.23. The van der Waals surface area contributed by atoms with Gasteiger partial charge in [0.25, 0.3) is 0 Å². The van der Waals surface area contributed by atoms with E-state index in [1.807, 2.05) is 0 Å². The van der Waals surface area contributed by atoms with Gasteiger partial charge in [-0.2, -0.15) is 0 Å². The minimum atomic E-state index is -0.384. The number of aliphatic hydroxyl groups excluding tert-OH is 1. The van der Waals surface area contributed by atoms with Crippen molar-refractivity contribution in [1.29, 1.82) is 0 Å². The Morgan fingerprint density at radius 3 is 2.62 bits per heavy atom. The summed E-state index contributed by atoms with van der Waals surface area (Å²) in [6.07, 6.45) is 13.7. The molecule has 4 atom stereocenters. The van der Waals surface area contributed by atoms with Crippen LogP contribution in [0.15, 0.2) is 36.4 Å². The largest absolute Gasteiger partial charge is 0.469 e. The Kier molecular flexibility index (Phi) is 10.8. The Bertz CT molecular complexity index is 625. The molecule has 1 aliphatic carbocycles. The summed E-state index contributed by atoms with van der Waals surface area (Å²) in [5.41, 5.74) is 2.57. The fourth-order valence-corrected chi connectivity index (χ4v) is 4.77. The summed E-state index contributed by atoms with van der Waals surface area (Å²) in [6.45, 7) is 2.24. The Hall–Kier alpha value is -1.32. The zero-order valence-corrected chi connectivity index (χ0v) is 18.7. The van der Waals surface area contributed by atoms with Crippen molar-refractivity contribution >= 4 is 17.6 Å². The van der Waals surface area contributed by atoms with E-state index in [0.717, 1.165) is 25.7 Å². The molecule has 1 aromatic rings. The van der Waals surface area contributed by atoms with Gasteiger partial charge in [0.2, 0.25) is 0 Å². The second kappa shape index (κ2) is 13.1. The molecule has 0 aliphatic heterocycles. The van der Waals surface area contributed by atoms with Crippen LogP contribution in [0.25, 0.3) is 0 Å². The molecule has 162 valence electrons. The number of alkyl halides is 1. The first kappa shape index (κ1) is 24.0. The maximum atomic E-state index is 11.2. The first-order valence-corrected chi connectivity index (χ1v) is 11.6. The summed E-state index contributed by atoms with van der Waals surface area (Å²) >= 11 is 6.59. The molecule has 1 N–H and O–H groups in total. The van der Waals surface area contributed by atoms with Crippen molar-refractivity contribution in [2.75, 3.05) is 7.11 Å². The van der Waals surface area contributed by atoms with Crippen LogP contribution in [0.4, 0.5) is 0 Å². The number of unbranched alkanes of at least 4 members (excludes halogenated alkanes) is 4. The molecule has 3 nitrogen and oxygen atoms in total. The van der Waals surface area contributed by atoms with E-state index < -0.39 is 0 Å². The van der Waals surface area contributed by atoms with Crippen molar-refractivity contribution < 1.29 is 14.6 Å². The number of aryl methyl sites for hydroxylation is 1. The lowest BCUT2D eigenvalue weighted by molar-refractivity contribution is -0.140. The molecule has 1 saturated carbocycles. The number of esters is 1. The molecular weight excluding hydrogens is 384 g/mol. The monoisotopic (exact) mass is 420 g/mol. The molecule has 0 aromatic heterocycles. The van der Waals surface area contributed by atoms with E-state index in [0.29, 0.717) is 12.8 Å². The van der Waals surface area contributed by atoms with Crippen LogP contribution in [0.1, 0.15) is 81.8 Å². The molecule has 1 fully saturated rings. The number of aliphatic hydroxyl groups is 1. The third-order valence-electron chi connectivity index (χ3n) is 6.04. The molecule has 0 amide bonds. The van der Waals surface area contributed by atoms with Gasteiger partial charge in [0.1, 0.15) is 0 Å². The number of halogens is 1. The third-order valence-corrected chi connectivity index (χ3v) is 6.55. The maximum Gasteiger partial charge on any atom is 0.305 e. The molecule has 1 aromatic carbocycles. The van der Waals surface area contributed by atoms with E-state index >= 15 is 0 Å². The topological polar surface area (TPSA) is 46.5 Å². The van der Waals surface area contributed by atoms with Gasteiger partial charge in [-0.05, 0) is 55.6 Å². The van der Waals surface area contributed by atoms with Gasteiger partial charge in [0.15, 0.2) is 0 Å². The fourth-order valence-electron chi connectivity index (χ4n) is 4.33. The van der Waals surface area contributed by atoms with Crippen LogP contribution in [0.2, 0.25) is 0 Å². The zero-order chi connectivity index (χ0) is 21.1. The second-order valence-corrected chi connectivity index (χ2v) is 8.80. The van der Waals surface area contributed by atoms with Gasteiger partial charge in [0, 0.05) is 17.7 Å². The smallest absolute Gasteiger partial charge is 0.305 e. The lowest BCUT2D eigenvalue weighted by atomic mass is 9.85. The highest BCUT2D eigenvalue weighted by molar-refractivity contribution is 6.21. The van der Waals surface area contributed by atoms with Crippen molar-refractivity contribution in [3.63, 3.8) is 0 Å². The SMILES string of the molecule is CCCCCCc1ccc(C2C(C/C=C\CCCC(=O)OC)C(Cl)C[C@H]2O)cc1. The van der Waals surface area contributed by atoms with E-state index in [2.05, 4.69) is 48.1 Å². The molecule has 0 radical (unpaired) electrons. The standard InChI is InChI=1S/C25H37ClO3/c1-3-4-5-8-11-19-14-16-20(17-15-19)25-21(22(26)18-23(25)27)12-9-6-7-10-13-24(28)29-2/h6,9,14-17,21-23,25,27H,3-5,7-8,10-13,18H2,1-2H3/b9-6-/t21?,22?,23-,25?/m1/s1. The van der Waals surface area contributed by atoms with Crippen LogP contribution >= 0.6 is 11.6 Å². The van der Waals surface area contributed by atoms with Crippen LogP contribution in [0.3, 0.4) is 0 Å². The van der Waals surface area contributed by atoms with Crippen molar-refractivity contribution in [1.82, 2.24) is 0 Å². The average molecular weight is 421 g/mol. The average Bonchev–Trinajstić information content (AvgIpc) is 3.01. The van der Waals surface area contributed by atoms with Gasteiger partial charge >= 0.3 is 5.97 Å². The predicted molar refractivity (Wildman–Crippen MR) is 120 cm³/mol. The number of carbonyl (C=O) groups is 1. The third kappa shape index (κ3) is 7.79. The highest BCUT2D eigenvalue weighted by Gasteiger charge is 2.41. The van der Waals surface area contributed by atoms with Crippen LogP contribution in [0.5, 0.6) is 0 Å². The highest BCUT2D eigenvalue weighted by atomic mass is 35.5. The normalized spacial score (nSPS) is 24.3. The number of rotatable bonds is 12. The number of carbonyl (C=O) groups excluding carboxylic acids is 1. The number of benzene rings is 1. The van der Waals surface area contributed by atoms with E-state index in [1.54, 1.807) is 0 Å². The van der Waals surface area contributed by atoms with Gasteiger partial charge in [0.05, 0.1) is 13.2 Å². The summed E-state index contributed by atoms with van der Waals surface area (Å²) in [5, 5.41) is 10.6. The Labute approximate surface area is 181 Å². The first-order chi connectivity index (χ1) is 14.1. The molecule has 0 bridgehead atoms. The molecule has 29 heavy (non-hydrogen) atoms. The molecule has 3 unspecified atom stereocenters. The maximum absolute atomic E-state index is 11.2. The Morgan fingerprint density at radius 1 is 1.17 bits per heavy atom. The quantitative estimate of drug-likeness (QED) is 0.190. The van der Waals surface area contributed by atoms with Gasteiger partial charge in [-0.25, -0.2) is 0 Å². The lowest BCUT2D eigenvalue weighted by Crippen LogP contribution is -2.18. The van der Waals surface area contributed by atoms with Crippen molar-refractivity contribution in [2.24, 2.45) is 5.92 Å². The minimum Gasteiger partial charge on any atom is -0.469 e. The van der Waals surface area contributed by atoms with Gasteiger partial charge in [-0.15, -0.1) is 11.6 Å². The number of methoxy groups -OCH3 is 1. The van der Waals surface area contributed by atoms with Crippen molar-refractivity contribution in [3.05, 3.63) is 47.5 Å². The first-order valence-electron chi connectivity index (χ1n) is 11.2. The molecule has 0 spiro atoms. The van der Waals surface area contributed by atoms with Gasteiger partial charge in [-0.3, -0.25) is 4.79 Å². The van der Waals surface area contributed by atoms with E-state index in [-0.39, 0.29) is 29.3 Å². The fraction of sp³-hybridized carbons (Fsp3) is 0.640. The molecule has 0 heterocycles. The van der Waals surface area contributed by atoms with Crippen molar-refractivity contribution in [3.8, 4) is 0 Å². The summed E-state index contributed by atoms with van der Waals surface area (Å²) in [5.74, 6) is 0.164. The van der Waals surface area contributed by atoms with Gasteiger partial charge in [-0.1, -0.05) is 62.6 Å². The van der Waals surface area contributed by atoms with Crippen LogP contribution < -0.4 is 0 Å². The molecule has 0 saturated heterocycles. The Balaban J connectivity index is 1.89. The summed E-state index contributed by atoms with van der Waals surface area (Å²) in [7, 11) is 1.42. The van der Waals surface area contributed by atoms with E-state index in [4.69, 9.17) is 11.6 Å². The number of ether oxygens (including phenoxy) is 1. The number of allylic oxidation sites excluding steroid dienone is 2. The molecule has 2 rings (SSSR count).